The molecule has 1 aliphatic heterocycles. The van der Waals surface area contributed by atoms with Crippen LogP contribution in [0.15, 0.2) is 35.5 Å². The van der Waals surface area contributed by atoms with Crippen molar-refractivity contribution >= 4 is 23.4 Å². The van der Waals surface area contributed by atoms with E-state index in [0.29, 0.717) is 12.0 Å². The van der Waals surface area contributed by atoms with Crippen molar-refractivity contribution in [1.29, 1.82) is 0 Å². The van der Waals surface area contributed by atoms with Crippen LogP contribution >= 0.6 is 11.6 Å². The van der Waals surface area contributed by atoms with E-state index in [0.717, 1.165) is 12.1 Å². The molecule has 4 rings (SSSR count). The van der Waals surface area contributed by atoms with Crippen LogP contribution < -0.4 is 5.73 Å². The average Bonchev–Trinajstić information content (AvgIpc) is 3.41. The minimum Gasteiger partial charge on any atom is -0.462 e. The number of hydrogen-bond acceptors (Lipinski definition) is 5. The number of halogens is 4. The van der Waals surface area contributed by atoms with Crippen molar-refractivity contribution < 1.29 is 22.7 Å². The summed E-state index contributed by atoms with van der Waals surface area (Å²) >= 11 is 5.66. The molecule has 0 saturated heterocycles. The first-order valence-corrected chi connectivity index (χ1v) is 9.39. The van der Waals surface area contributed by atoms with E-state index in [1.807, 2.05) is 0 Å². The summed E-state index contributed by atoms with van der Waals surface area (Å²) < 4.78 is 48.9. The highest BCUT2D eigenvalue weighted by Gasteiger charge is 2.62. The van der Waals surface area contributed by atoms with Gasteiger partial charge in [0, 0.05) is 24.1 Å². The maximum Gasteiger partial charge on any atom is 0.283 e. The van der Waals surface area contributed by atoms with Crippen molar-refractivity contribution in [2.75, 3.05) is 0 Å². The first-order chi connectivity index (χ1) is 13.7. The molecule has 2 N–H and O–H groups in total. The van der Waals surface area contributed by atoms with Gasteiger partial charge < -0.3 is 10.5 Å². The number of carbonyl (C=O) groups is 1. The molecule has 1 aromatic heterocycles. The SMILES string of the molecule is CC(F)[C@]1(c2cc(CC(=O)c3ncc(Cl)cc3F)ccc2F)N=C(N)O[C@@H]2C[C@@H]21. The second kappa shape index (κ2) is 7.02. The number of aliphatic imine (C=N–C) groups is 1. The van der Waals surface area contributed by atoms with Gasteiger partial charge in [-0.3, -0.25) is 4.79 Å². The van der Waals surface area contributed by atoms with Crippen LogP contribution in [0.1, 0.15) is 35.0 Å². The van der Waals surface area contributed by atoms with Crippen LogP contribution in [-0.4, -0.2) is 29.1 Å². The van der Waals surface area contributed by atoms with E-state index in [9.17, 15) is 18.0 Å². The molecule has 4 atom stereocenters. The Labute approximate surface area is 169 Å². The minimum absolute atomic E-state index is 0.00101. The lowest BCUT2D eigenvalue weighted by Gasteiger charge is -2.35. The summed E-state index contributed by atoms with van der Waals surface area (Å²) in [5, 5.41) is 0.0657. The highest BCUT2D eigenvalue weighted by Crippen LogP contribution is 2.55. The van der Waals surface area contributed by atoms with Crippen LogP contribution in [0, 0.1) is 17.6 Å². The highest BCUT2D eigenvalue weighted by molar-refractivity contribution is 6.30. The van der Waals surface area contributed by atoms with Crippen molar-refractivity contribution in [2.24, 2.45) is 16.6 Å². The Morgan fingerprint density at radius 3 is 2.83 bits per heavy atom. The van der Waals surface area contributed by atoms with Crippen LogP contribution in [0.5, 0.6) is 0 Å². The van der Waals surface area contributed by atoms with Gasteiger partial charge in [0.15, 0.2) is 11.6 Å². The summed E-state index contributed by atoms with van der Waals surface area (Å²) in [4.78, 5) is 20.4. The third kappa shape index (κ3) is 3.35. The zero-order valence-electron chi connectivity index (χ0n) is 15.3. The molecule has 2 aromatic rings. The van der Waals surface area contributed by atoms with Gasteiger partial charge in [0.1, 0.15) is 29.3 Å². The normalized spacial score (nSPS) is 26.2. The van der Waals surface area contributed by atoms with Gasteiger partial charge in [0.2, 0.25) is 0 Å². The standard InChI is InChI=1S/C20H17ClF3N3O2/c1-9(22)20(13-7-17(13)29-19(25)27-20)12-4-10(2-3-14(12)23)5-16(28)18-15(24)6-11(21)8-26-18/h2-4,6,8-9,13,17H,5,7H2,1H3,(H2,25,27)/t9?,13-,17+,20+/m0/s1. The Kier molecular flexibility index (Phi) is 4.77. The summed E-state index contributed by atoms with van der Waals surface area (Å²) in [7, 11) is 0. The van der Waals surface area contributed by atoms with Gasteiger partial charge in [-0.25, -0.2) is 23.1 Å². The zero-order chi connectivity index (χ0) is 20.9. The number of benzene rings is 1. The topological polar surface area (TPSA) is 77.6 Å². The Morgan fingerprint density at radius 2 is 2.14 bits per heavy atom. The zero-order valence-corrected chi connectivity index (χ0v) is 16.1. The molecule has 0 spiro atoms. The number of amidine groups is 1. The monoisotopic (exact) mass is 423 g/mol. The number of carbonyl (C=O) groups excluding carboxylic acids is 1. The van der Waals surface area contributed by atoms with E-state index in [1.165, 1.54) is 25.3 Å². The molecule has 0 amide bonds. The van der Waals surface area contributed by atoms with E-state index in [-0.39, 0.29) is 40.7 Å². The van der Waals surface area contributed by atoms with Gasteiger partial charge in [0.05, 0.1) is 5.02 Å². The number of rotatable bonds is 5. The van der Waals surface area contributed by atoms with Gasteiger partial charge in [-0.1, -0.05) is 17.7 Å². The maximum absolute atomic E-state index is 14.8. The summed E-state index contributed by atoms with van der Waals surface area (Å²) in [6, 6.07) is 4.71. The fourth-order valence-corrected chi connectivity index (χ4v) is 4.09. The maximum atomic E-state index is 14.8. The van der Waals surface area contributed by atoms with Crippen molar-refractivity contribution in [1.82, 2.24) is 4.98 Å². The summed E-state index contributed by atoms with van der Waals surface area (Å²) in [5.41, 5.74) is 4.18. The van der Waals surface area contributed by atoms with Gasteiger partial charge in [-0.2, -0.15) is 0 Å². The van der Waals surface area contributed by atoms with Crippen molar-refractivity contribution in [3.63, 3.8) is 0 Å². The Hall–Kier alpha value is -2.61. The van der Waals surface area contributed by atoms with E-state index in [4.69, 9.17) is 22.1 Å². The number of hydrogen-bond donors (Lipinski definition) is 1. The number of nitrogens with two attached hydrogens (primary N) is 1. The highest BCUT2D eigenvalue weighted by atomic mass is 35.5. The van der Waals surface area contributed by atoms with Crippen molar-refractivity contribution in [3.8, 4) is 0 Å². The summed E-state index contributed by atoms with van der Waals surface area (Å²) in [6.07, 6.45) is -0.445. The number of ether oxygens (including phenoxy) is 1. The predicted octanol–water partition coefficient (Wildman–Crippen LogP) is 3.73. The van der Waals surface area contributed by atoms with E-state index in [1.54, 1.807) is 0 Å². The fraction of sp³-hybridized carbons (Fsp3) is 0.350. The lowest BCUT2D eigenvalue weighted by molar-refractivity contribution is 0.0983. The number of pyridine rings is 1. The Balaban J connectivity index is 1.71. The van der Waals surface area contributed by atoms with E-state index in [2.05, 4.69) is 9.98 Å². The van der Waals surface area contributed by atoms with Crippen molar-refractivity contribution in [2.45, 2.75) is 37.6 Å². The lowest BCUT2D eigenvalue weighted by Crippen LogP contribution is -2.44. The molecule has 2 aliphatic rings. The number of alkyl halides is 1. The number of ketones is 1. The second-order valence-electron chi connectivity index (χ2n) is 7.29. The van der Waals surface area contributed by atoms with Crippen LogP contribution in [0.2, 0.25) is 5.02 Å². The van der Waals surface area contributed by atoms with E-state index >= 15 is 0 Å². The molecular formula is C20H17ClF3N3O2. The van der Waals surface area contributed by atoms with Gasteiger partial charge in [0.25, 0.3) is 6.02 Å². The molecule has 1 aromatic carbocycles. The summed E-state index contributed by atoms with van der Waals surface area (Å²) in [5.74, 6) is -2.48. The Bertz CT molecular complexity index is 1030. The fourth-order valence-electron chi connectivity index (χ4n) is 3.95. The molecule has 9 heteroatoms. The molecule has 5 nitrogen and oxygen atoms in total. The minimum atomic E-state index is -1.55. The molecule has 1 saturated carbocycles. The number of nitrogens with zero attached hydrogens (tertiary/aromatic N) is 2. The van der Waals surface area contributed by atoms with Gasteiger partial charge >= 0.3 is 0 Å². The van der Waals surface area contributed by atoms with E-state index < -0.39 is 29.1 Å². The lowest BCUT2D eigenvalue weighted by atomic mass is 9.80. The van der Waals surface area contributed by atoms with Crippen LogP contribution in [0.4, 0.5) is 13.2 Å². The predicted molar refractivity (Wildman–Crippen MR) is 100 cm³/mol. The first kappa shape index (κ1) is 19.7. The average molecular weight is 424 g/mol. The second-order valence-corrected chi connectivity index (χ2v) is 7.72. The smallest absolute Gasteiger partial charge is 0.283 e. The molecule has 1 fully saturated rings. The molecule has 152 valence electrons. The van der Waals surface area contributed by atoms with Gasteiger partial charge in [-0.05, 0) is 37.1 Å². The van der Waals surface area contributed by atoms with Crippen LogP contribution in [0.25, 0.3) is 0 Å². The molecule has 0 radical (unpaired) electrons. The number of Topliss-reactive ketones (excluding diaryl/α,β-unsaturated/α-hetero) is 1. The molecular weight excluding hydrogens is 407 g/mol. The third-order valence-electron chi connectivity index (χ3n) is 5.37. The van der Waals surface area contributed by atoms with Gasteiger partial charge in [-0.15, -0.1) is 0 Å². The van der Waals surface area contributed by atoms with Crippen LogP contribution in [-0.2, 0) is 16.7 Å². The largest absolute Gasteiger partial charge is 0.462 e. The first-order valence-electron chi connectivity index (χ1n) is 9.01. The number of aromatic nitrogens is 1. The molecule has 2 heterocycles. The number of fused-ring (bicyclic) bond motifs is 1. The summed E-state index contributed by atoms with van der Waals surface area (Å²) in [6.45, 7) is 1.29. The molecule has 29 heavy (non-hydrogen) atoms. The van der Waals surface area contributed by atoms with Crippen molar-refractivity contribution in [3.05, 3.63) is 63.9 Å². The third-order valence-corrected chi connectivity index (χ3v) is 5.58. The molecule has 0 bridgehead atoms. The Morgan fingerprint density at radius 1 is 1.38 bits per heavy atom. The quantitative estimate of drug-likeness (QED) is 0.743. The van der Waals surface area contributed by atoms with Crippen LogP contribution in [0.3, 0.4) is 0 Å². The molecule has 1 unspecified atom stereocenters. The molecule has 1 aliphatic carbocycles.